The molecule has 0 saturated carbocycles. The lowest BCUT2D eigenvalue weighted by molar-refractivity contribution is -0.137. The van der Waals surface area contributed by atoms with Gasteiger partial charge in [0.05, 0.1) is 21.9 Å². The number of amides is 1. The first-order valence-electron chi connectivity index (χ1n) is 10.0. The van der Waals surface area contributed by atoms with Gasteiger partial charge in [-0.3, -0.25) is 9.00 Å². The fraction of sp³-hybridized carbons (Fsp3) is 0.350. The average molecular weight is 479 g/mol. The third-order valence-corrected chi connectivity index (χ3v) is 6.33. The zero-order valence-corrected chi connectivity index (χ0v) is 19.0. The molecule has 4 rings (SSSR count). The van der Waals surface area contributed by atoms with Crippen molar-refractivity contribution in [2.75, 3.05) is 12.3 Å². The number of halogens is 3. The van der Waals surface area contributed by atoms with E-state index in [4.69, 9.17) is 0 Å². The molecule has 0 fully saturated rings. The van der Waals surface area contributed by atoms with Crippen LogP contribution >= 0.6 is 0 Å². The maximum Gasteiger partial charge on any atom is 0.417 e. The number of hydrogen-bond acceptors (Lipinski definition) is 6. The fourth-order valence-corrected chi connectivity index (χ4v) is 4.37. The largest absolute Gasteiger partial charge is 0.417 e. The second kappa shape index (κ2) is 8.21. The van der Waals surface area contributed by atoms with E-state index in [2.05, 4.69) is 25.4 Å². The van der Waals surface area contributed by atoms with Crippen LogP contribution in [0.4, 0.5) is 13.2 Å². The molecule has 13 heteroatoms. The van der Waals surface area contributed by atoms with Gasteiger partial charge in [-0.1, -0.05) is 6.92 Å². The summed E-state index contributed by atoms with van der Waals surface area (Å²) < 4.78 is 55.2. The number of rotatable bonds is 5. The molecule has 0 aliphatic rings. The molecule has 4 heterocycles. The zero-order chi connectivity index (χ0) is 24.1. The third-order valence-electron chi connectivity index (χ3n) is 5.08. The number of carbonyl (C=O) groups is 1. The van der Waals surface area contributed by atoms with Gasteiger partial charge in [-0.15, -0.1) is 0 Å². The number of hydrogen-bond donors (Lipinski definition) is 1. The molecule has 1 amide bonds. The average Bonchev–Trinajstić information content (AvgIpc) is 3.29. The number of nitrogens with one attached hydrogen (secondary N) is 1. The number of pyridine rings is 1. The minimum absolute atomic E-state index is 0.0194. The quantitative estimate of drug-likeness (QED) is 0.472. The van der Waals surface area contributed by atoms with Crippen LogP contribution in [0, 0.1) is 6.92 Å². The van der Waals surface area contributed by atoms with E-state index in [-0.39, 0.29) is 50.6 Å². The predicted molar refractivity (Wildman–Crippen MR) is 115 cm³/mol. The Balaban J connectivity index is 2.05. The summed E-state index contributed by atoms with van der Waals surface area (Å²) in [6.07, 6.45) is -2.34. The van der Waals surface area contributed by atoms with Gasteiger partial charge in [0, 0.05) is 31.7 Å². The van der Waals surface area contributed by atoms with Gasteiger partial charge < -0.3 is 9.88 Å². The minimum Gasteiger partial charge on any atom is -0.351 e. The van der Waals surface area contributed by atoms with Crippen molar-refractivity contribution in [3.8, 4) is 11.4 Å². The summed E-state index contributed by atoms with van der Waals surface area (Å²) in [5.41, 5.74) is 0.566. The van der Waals surface area contributed by atoms with E-state index in [0.717, 1.165) is 12.3 Å². The normalized spacial score (nSPS) is 13.1. The SMILES string of the molecule is CCNC(=O)c1c(C)cnc2c(-c3nc4cc(C(F)(F)F)cnc4n3C)c(S(=O)CC)nn12. The highest BCUT2D eigenvalue weighted by molar-refractivity contribution is 7.85. The summed E-state index contributed by atoms with van der Waals surface area (Å²) in [5, 5.41) is 7.29. The highest BCUT2D eigenvalue weighted by atomic mass is 32.2. The smallest absolute Gasteiger partial charge is 0.351 e. The Morgan fingerprint density at radius 1 is 1.18 bits per heavy atom. The van der Waals surface area contributed by atoms with E-state index < -0.39 is 22.5 Å². The molecule has 0 radical (unpaired) electrons. The van der Waals surface area contributed by atoms with Crippen LogP contribution in [0.3, 0.4) is 0 Å². The molecule has 4 aromatic heterocycles. The van der Waals surface area contributed by atoms with Crippen molar-refractivity contribution in [2.24, 2.45) is 7.05 Å². The maximum atomic E-state index is 13.2. The van der Waals surface area contributed by atoms with E-state index in [9.17, 15) is 22.2 Å². The molecule has 0 saturated heterocycles. The van der Waals surface area contributed by atoms with Crippen LogP contribution in [-0.2, 0) is 24.0 Å². The number of carbonyl (C=O) groups excluding carboxylic acids is 1. The lowest BCUT2D eigenvalue weighted by atomic mass is 10.2. The second-order valence-electron chi connectivity index (χ2n) is 7.26. The highest BCUT2D eigenvalue weighted by Crippen LogP contribution is 2.34. The topological polar surface area (TPSA) is 107 Å². The number of imidazole rings is 1. The molecule has 0 bridgehead atoms. The van der Waals surface area contributed by atoms with Crippen molar-refractivity contribution in [1.82, 2.24) is 34.4 Å². The molecule has 33 heavy (non-hydrogen) atoms. The van der Waals surface area contributed by atoms with Crippen molar-refractivity contribution in [3.05, 3.63) is 35.3 Å². The van der Waals surface area contributed by atoms with Crippen LogP contribution in [0.2, 0.25) is 0 Å². The Bertz CT molecular complexity index is 1430. The maximum absolute atomic E-state index is 13.2. The van der Waals surface area contributed by atoms with Crippen LogP contribution in [0.1, 0.15) is 35.5 Å². The summed E-state index contributed by atoms with van der Waals surface area (Å²) in [5.74, 6) is 0.0425. The Labute approximate surface area is 188 Å². The molecule has 0 aliphatic heterocycles. The number of fused-ring (bicyclic) bond motifs is 2. The summed E-state index contributed by atoms with van der Waals surface area (Å²) in [6.45, 7) is 5.58. The first kappa shape index (κ1) is 22.8. The molecular weight excluding hydrogens is 459 g/mol. The fourth-order valence-electron chi connectivity index (χ4n) is 3.52. The molecule has 0 aromatic carbocycles. The third kappa shape index (κ3) is 3.75. The Morgan fingerprint density at radius 3 is 2.52 bits per heavy atom. The molecule has 174 valence electrons. The minimum atomic E-state index is -4.57. The van der Waals surface area contributed by atoms with Gasteiger partial charge in [-0.2, -0.15) is 18.3 Å². The second-order valence-corrected chi connectivity index (χ2v) is 8.91. The lowest BCUT2D eigenvalue weighted by Crippen LogP contribution is -2.26. The summed E-state index contributed by atoms with van der Waals surface area (Å²) >= 11 is 0. The zero-order valence-electron chi connectivity index (χ0n) is 18.2. The van der Waals surface area contributed by atoms with E-state index in [1.807, 2.05) is 0 Å². The van der Waals surface area contributed by atoms with Crippen LogP contribution in [-0.4, -0.2) is 51.5 Å². The Kier molecular flexibility index (Phi) is 5.68. The van der Waals surface area contributed by atoms with Crippen molar-refractivity contribution >= 4 is 33.5 Å². The van der Waals surface area contributed by atoms with Crippen molar-refractivity contribution in [2.45, 2.75) is 32.0 Å². The van der Waals surface area contributed by atoms with Gasteiger partial charge in [0.25, 0.3) is 5.91 Å². The van der Waals surface area contributed by atoms with Crippen LogP contribution in [0.25, 0.3) is 28.2 Å². The first-order chi connectivity index (χ1) is 15.6. The van der Waals surface area contributed by atoms with Gasteiger partial charge in [0.1, 0.15) is 17.0 Å². The monoisotopic (exact) mass is 479 g/mol. The molecule has 9 nitrogen and oxygen atoms in total. The highest BCUT2D eigenvalue weighted by Gasteiger charge is 2.33. The van der Waals surface area contributed by atoms with E-state index in [1.165, 1.54) is 15.3 Å². The van der Waals surface area contributed by atoms with Gasteiger partial charge in [0.15, 0.2) is 16.3 Å². The standard InChI is InChI=1S/C20H20F3N7O2S/c1-5-24-18(31)14-10(3)8-25-16-13(19(28-30(14)16)33(32)6-2)17-27-12-7-11(20(21,22)23)9-26-15(12)29(17)4/h7-9H,5-6H2,1-4H3,(H,24,31). The number of aromatic nitrogens is 6. The van der Waals surface area contributed by atoms with Crippen molar-refractivity contribution in [1.29, 1.82) is 0 Å². The Hall–Kier alpha value is -3.35. The van der Waals surface area contributed by atoms with Gasteiger partial charge in [0.2, 0.25) is 0 Å². The van der Waals surface area contributed by atoms with E-state index in [1.54, 1.807) is 27.8 Å². The van der Waals surface area contributed by atoms with Gasteiger partial charge in [-0.05, 0) is 25.5 Å². The van der Waals surface area contributed by atoms with Crippen LogP contribution in [0.15, 0.2) is 23.5 Å². The van der Waals surface area contributed by atoms with Crippen LogP contribution in [0.5, 0.6) is 0 Å². The molecule has 4 aromatic rings. The van der Waals surface area contributed by atoms with Gasteiger partial charge in [-0.25, -0.2) is 19.5 Å². The molecule has 1 atom stereocenters. The van der Waals surface area contributed by atoms with Crippen molar-refractivity contribution in [3.63, 3.8) is 0 Å². The number of alkyl halides is 3. The van der Waals surface area contributed by atoms with E-state index >= 15 is 0 Å². The summed E-state index contributed by atoms with van der Waals surface area (Å²) in [6, 6.07) is 0.908. The number of aryl methyl sites for hydroxylation is 2. The first-order valence-corrected chi connectivity index (χ1v) is 11.3. The predicted octanol–water partition coefficient (Wildman–Crippen LogP) is 2.88. The van der Waals surface area contributed by atoms with Gasteiger partial charge >= 0.3 is 6.18 Å². The molecule has 0 spiro atoms. The molecular formula is C20H20F3N7O2S. The van der Waals surface area contributed by atoms with Crippen molar-refractivity contribution < 1.29 is 22.2 Å². The molecule has 1 N–H and O–H groups in total. The molecule has 0 aliphatic carbocycles. The Morgan fingerprint density at radius 2 is 1.88 bits per heavy atom. The summed E-state index contributed by atoms with van der Waals surface area (Å²) in [4.78, 5) is 25.4. The van der Waals surface area contributed by atoms with Crippen LogP contribution < -0.4 is 5.32 Å². The molecule has 1 unspecified atom stereocenters. The summed E-state index contributed by atoms with van der Waals surface area (Å²) in [7, 11) is 0.0165. The van der Waals surface area contributed by atoms with E-state index in [0.29, 0.717) is 12.1 Å². The number of nitrogens with zero attached hydrogens (tertiary/aromatic N) is 6. The lowest BCUT2D eigenvalue weighted by Gasteiger charge is -2.08.